The Labute approximate surface area is 99.1 Å². The molecule has 2 heterocycles. The molecule has 0 atom stereocenters. The Morgan fingerprint density at radius 1 is 1.44 bits per heavy atom. The maximum Gasteiger partial charge on any atom is 0.214 e. The molecule has 0 aliphatic rings. The van der Waals surface area contributed by atoms with Crippen molar-refractivity contribution in [1.29, 1.82) is 0 Å². The molecule has 2 aromatic heterocycles. The second-order valence-corrected chi connectivity index (χ2v) is 4.47. The highest BCUT2D eigenvalue weighted by Crippen LogP contribution is 2.19. The molecule has 0 amide bonds. The van der Waals surface area contributed by atoms with Gasteiger partial charge < -0.3 is 10.1 Å². The van der Waals surface area contributed by atoms with Crippen molar-refractivity contribution in [3.63, 3.8) is 0 Å². The molecule has 0 bridgehead atoms. The normalized spacial score (nSPS) is 10.1. The summed E-state index contributed by atoms with van der Waals surface area (Å²) in [5.41, 5.74) is 2.36. The zero-order chi connectivity index (χ0) is 11.4. The molecule has 0 radical (unpaired) electrons. The summed E-state index contributed by atoms with van der Waals surface area (Å²) in [5, 5.41) is 5.46. The molecule has 84 valence electrons. The number of ether oxygens (including phenoxy) is 1. The first-order valence-corrected chi connectivity index (χ1v) is 5.94. The van der Waals surface area contributed by atoms with Gasteiger partial charge in [0.1, 0.15) is 0 Å². The Hall–Kier alpha value is -1.55. The number of thiophene rings is 1. The topological polar surface area (TPSA) is 34.1 Å². The lowest BCUT2D eigenvalue weighted by atomic mass is 10.3. The van der Waals surface area contributed by atoms with E-state index in [-0.39, 0.29) is 0 Å². The number of rotatable bonds is 4. The second-order valence-electron chi connectivity index (χ2n) is 3.47. The van der Waals surface area contributed by atoms with Crippen molar-refractivity contribution >= 4 is 17.0 Å². The van der Waals surface area contributed by atoms with Crippen LogP contribution in [0.25, 0.3) is 0 Å². The highest BCUT2D eigenvalue weighted by molar-refractivity contribution is 7.10. The van der Waals surface area contributed by atoms with E-state index >= 15 is 0 Å². The van der Waals surface area contributed by atoms with Crippen molar-refractivity contribution < 1.29 is 4.74 Å². The van der Waals surface area contributed by atoms with Gasteiger partial charge in [0.25, 0.3) is 0 Å². The molecule has 0 aliphatic carbocycles. The molecule has 0 unspecified atom stereocenters. The average molecular weight is 234 g/mol. The van der Waals surface area contributed by atoms with E-state index in [2.05, 4.69) is 28.7 Å². The maximum absolute atomic E-state index is 5.07. The van der Waals surface area contributed by atoms with Crippen molar-refractivity contribution in [1.82, 2.24) is 4.98 Å². The number of aryl methyl sites for hydroxylation is 1. The number of nitrogens with one attached hydrogen (secondary N) is 1. The minimum Gasteiger partial charge on any atom is -0.481 e. The third kappa shape index (κ3) is 2.52. The first-order chi connectivity index (χ1) is 7.79. The Balaban J connectivity index is 2.02. The van der Waals surface area contributed by atoms with Crippen molar-refractivity contribution in [3.05, 3.63) is 40.2 Å². The number of aromatic nitrogens is 1. The van der Waals surface area contributed by atoms with E-state index in [1.54, 1.807) is 24.6 Å². The van der Waals surface area contributed by atoms with Gasteiger partial charge in [-0.3, -0.25) is 0 Å². The molecule has 0 saturated heterocycles. The van der Waals surface area contributed by atoms with E-state index in [0.717, 1.165) is 12.2 Å². The van der Waals surface area contributed by atoms with Gasteiger partial charge in [-0.15, -0.1) is 11.3 Å². The number of hydrogen-bond acceptors (Lipinski definition) is 4. The Morgan fingerprint density at radius 2 is 2.31 bits per heavy atom. The third-order valence-electron chi connectivity index (χ3n) is 2.37. The van der Waals surface area contributed by atoms with Crippen LogP contribution < -0.4 is 10.1 Å². The predicted octanol–water partition coefficient (Wildman–Crippen LogP) is 3.07. The number of nitrogens with zero attached hydrogens (tertiary/aromatic N) is 1. The van der Waals surface area contributed by atoms with Crippen LogP contribution in [0.15, 0.2) is 29.8 Å². The summed E-state index contributed by atoms with van der Waals surface area (Å²) in [6, 6.07) is 5.96. The first kappa shape index (κ1) is 11.0. The zero-order valence-electron chi connectivity index (χ0n) is 9.36. The van der Waals surface area contributed by atoms with Gasteiger partial charge in [-0.1, -0.05) is 0 Å². The molecule has 0 saturated carbocycles. The second kappa shape index (κ2) is 4.99. The van der Waals surface area contributed by atoms with Gasteiger partial charge in [0, 0.05) is 29.4 Å². The van der Waals surface area contributed by atoms with Crippen LogP contribution >= 0.6 is 11.3 Å². The average Bonchev–Trinajstić information content (AvgIpc) is 2.72. The van der Waals surface area contributed by atoms with Gasteiger partial charge in [-0.25, -0.2) is 4.98 Å². The lowest BCUT2D eigenvalue weighted by Crippen LogP contribution is -1.99. The van der Waals surface area contributed by atoms with E-state index in [4.69, 9.17) is 4.74 Å². The van der Waals surface area contributed by atoms with Crippen molar-refractivity contribution in [2.75, 3.05) is 12.4 Å². The molecule has 3 nitrogen and oxygen atoms in total. The fraction of sp³-hybridized carbons (Fsp3) is 0.250. The lowest BCUT2D eigenvalue weighted by Gasteiger charge is -2.06. The molecule has 4 heteroatoms. The highest BCUT2D eigenvalue weighted by Gasteiger charge is 2.00. The summed E-state index contributed by atoms with van der Waals surface area (Å²) in [4.78, 5) is 5.42. The van der Waals surface area contributed by atoms with Crippen LogP contribution in [0.3, 0.4) is 0 Å². The lowest BCUT2D eigenvalue weighted by molar-refractivity contribution is 0.398. The van der Waals surface area contributed by atoms with Crippen LogP contribution in [0, 0.1) is 6.92 Å². The number of methoxy groups -OCH3 is 1. The Morgan fingerprint density at radius 3 is 3.00 bits per heavy atom. The Bertz CT molecular complexity index is 468. The molecule has 2 rings (SSSR count). The largest absolute Gasteiger partial charge is 0.481 e. The molecule has 0 aliphatic heterocycles. The number of anilines is 1. The van der Waals surface area contributed by atoms with E-state index in [1.807, 2.05) is 12.1 Å². The van der Waals surface area contributed by atoms with E-state index in [1.165, 1.54) is 10.4 Å². The standard InChI is InChI=1S/C12H14N2OS/c1-9-4-6-16-11(9)8-14-10-3-5-13-12(7-10)15-2/h3-7H,8H2,1-2H3,(H,13,14). The SMILES string of the molecule is COc1cc(NCc2sccc2C)ccn1. The smallest absolute Gasteiger partial charge is 0.214 e. The van der Waals surface area contributed by atoms with Crippen LogP contribution in [0.5, 0.6) is 5.88 Å². The summed E-state index contributed by atoms with van der Waals surface area (Å²) in [5.74, 6) is 0.632. The molecular formula is C12H14N2OS. The molecule has 0 spiro atoms. The molecule has 16 heavy (non-hydrogen) atoms. The summed E-state index contributed by atoms with van der Waals surface area (Å²) in [7, 11) is 1.62. The molecule has 0 fully saturated rings. The van der Waals surface area contributed by atoms with E-state index in [0.29, 0.717) is 5.88 Å². The number of hydrogen-bond donors (Lipinski definition) is 1. The van der Waals surface area contributed by atoms with Crippen molar-refractivity contribution in [2.24, 2.45) is 0 Å². The minimum atomic E-state index is 0.632. The number of pyridine rings is 1. The predicted molar refractivity (Wildman–Crippen MR) is 67.2 cm³/mol. The summed E-state index contributed by atoms with van der Waals surface area (Å²) in [6.45, 7) is 2.97. The van der Waals surface area contributed by atoms with Gasteiger partial charge in [-0.2, -0.15) is 0 Å². The van der Waals surface area contributed by atoms with Gasteiger partial charge in [-0.05, 0) is 30.0 Å². The van der Waals surface area contributed by atoms with Gasteiger partial charge in [0.15, 0.2) is 0 Å². The molecule has 1 N–H and O–H groups in total. The van der Waals surface area contributed by atoms with Crippen LogP contribution in [-0.4, -0.2) is 12.1 Å². The monoisotopic (exact) mass is 234 g/mol. The van der Waals surface area contributed by atoms with Crippen molar-refractivity contribution in [3.8, 4) is 5.88 Å². The quantitative estimate of drug-likeness (QED) is 0.882. The fourth-order valence-electron chi connectivity index (χ4n) is 1.40. The third-order valence-corrected chi connectivity index (χ3v) is 3.39. The van der Waals surface area contributed by atoms with Crippen LogP contribution in [0.4, 0.5) is 5.69 Å². The maximum atomic E-state index is 5.07. The van der Waals surface area contributed by atoms with Crippen molar-refractivity contribution in [2.45, 2.75) is 13.5 Å². The highest BCUT2D eigenvalue weighted by atomic mass is 32.1. The van der Waals surface area contributed by atoms with Gasteiger partial charge >= 0.3 is 0 Å². The summed E-state index contributed by atoms with van der Waals surface area (Å²) >= 11 is 1.77. The van der Waals surface area contributed by atoms with Gasteiger partial charge in [0.2, 0.25) is 5.88 Å². The minimum absolute atomic E-state index is 0.632. The van der Waals surface area contributed by atoms with E-state index in [9.17, 15) is 0 Å². The molecule has 0 aromatic carbocycles. The summed E-state index contributed by atoms with van der Waals surface area (Å²) < 4.78 is 5.07. The van der Waals surface area contributed by atoms with Gasteiger partial charge in [0.05, 0.1) is 7.11 Å². The zero-order valence-corrected chi connectivity index (χ0v) is 10.2. The van der Waals surface area contributed by atoms with Crippen LogP contribution in [-0.2, 0) is 6.54 Å². The van der Waals surface area contributed by atoms with Crippen LogP contribution in [0.2, 0.25) is 0 Å². The molecule has 2 aromatic rings. The van der Waals surface area contributed by atoms with E-state index < -0.39 is 0 Å². The fourth-order valence-corrected chi connectivity index (χ4v) is 2.24. The summed E-state index contributed by atoms with van der Waals surface area (Å²) in [6.07, 6.45) is 1.74. The Kier molecular flexibility index (Phi) is 3.41. The van der Waals surface area contributed by atoms with Crippen LogP contribution in [0.1, 0.15) is 10.4 Å². The molecular weight excluding hydrogens is 220 g/mol. The first-order valence-electron chi connectivity index (χ1n) is 5.06.